The summed E-state index contributed by atoms with van der Waals surface area (Å²) >= 11 is 0. The van der Waals surface area contributed by atoms with Crippen LogP contribution in [0.15, 0.2) is 48.6 Å². The Morgan fingerprint density at radius 3 is 2.17 bits per heavy atom. The first-order valence-electron chi connectivity index (χ1n) is 8.74. The van der Waals surface area contributed by atoms with E-state index >= 15 is 0 Å². The quantitative estimate of drug-likeness (QED) is 0.263. The van der Waals surface area contributed by atoms with Gasteiger partial charge in [0.25, 0.3) is 0 Å². The fourth-order valence-corrected chi connectivity index (χ4v) is 2.16. The number of aliphatic hydroxyl groups excluding tert-OH is 1. The van der Waals surface area contributed by atoms with E-state index in [9.17, 15) is 9.90 Å². The molecule has 23 heavy (non-hydrogen) atoms. The van der Waals surface area contributed by atoms with Crippen LogP contribution in [0.5, 0.6) is 0 Å². The average molecular weight is 320 g/mol. The number of carboxylic acids is 1. The SMILES string of the molecule is CCCCCCCC[C@H](O)CC/C=C/C=C/C=C/C=C/C(=O)O. The third-order valence-corrected chi connectivity index (χ3v) is 3.49. The molecule has 0 saturated heterocycles. The molecule has 0 rings (SSSR count). The van der Waals surface area contributed by atoms with Crippen LogP contribution in [0.25, 0.3) is 0 Å². The Hall–Kier alpha value is -1.61. The normalized spacial score (nSPS) is 13.8. The second-order valence-corrected chi connectivity index (χ2v) is 5.68. The van der Waals surface area contributed by atoms with Gasteiger partial charge in [0.05, 0.1) is 6.10 Å². The number of unbranched alkanes of at least 4 members (excludes halogenated alkanes) is 5. The third-order valence-electron chi connectivity index (χ3n) is 3.49. The molecule has 0 amide bonds. The van der Waals surface area contributed by atoms with Crippen LogP contribution in [0.4, 0.5) is 0 Å². The second-order valence-electron chi connectivity index (χ2n) is 5.68. The first kappa shape index (κ1) is 21.4. The molecule has 0 radical (unpaired) electrons. The van der Waals surface area contributed by atoms with Crippen molar-refractivity contribution in [3.05, 3.63) is 48.6 Å². The van der Waals surface area contributed by atoms with Gasteiger partial charge in [0, 0.05) is 6.08 Å². The summed E-state index contributed by atoms with van der Waals surface area (Å²) in [6.07, 6.45) is 23.7. The van der Waals surface area contributed by atoms with Gasteiger partial charge in [-0.05, 0) is 19.3 Å². The lowest BCUT2D eigenvalue weighted by Gasteiger charge is -2.08. The molecule has 0 heterocycles. The van der Waals surface area contributed by atoms with E-state index in [0.29, 0.717) is 0 Å². The Kier molecular flexibility index (Phi) is 15.6. The summed E-state index contributed by atoms with van der Waals surface area (Å²) < 4.78 is 0. The van der Waals surface area contributed by atoms with Crippen LogP contribution in [0, 0.1) is 0 Å². The molecule has 0 aliphatic rings. The van der Waals surface area contributed by atoms with Gasteiger partial charge >= 0.3 is 5.97 Å². The van der Waals surface area contributed by atoms with Gasteiger partial charge in [-0.15, -0.1) is 0 Å². The third kappa shape index (κ3) is 18.3. The zero-order valence-electron chi connectivity index (χ0n) is 14.4. The number of carboxylic acid groups (broad SMARTS) is 1. The lowest BCUT2D eigenvalue weighted by atomic mass is 10.0. The van der Waals surface area contributed by atoms with Crippen molar-refractivity contribution < 1.29 is 15.0 Å². The molecule has 0 aliphatic heterocycles. The lowest BCUT2D eigenvalue weighted by Crippen LogP contribution is -2.05. The maximum absolute atomic E-state index is 10.2. The monoisotopic (exact) mass is 320 g/mol. The molecular weight excluding hydrogens is 288 g/mol. The van der Waals surface area contributed by atoms with Gasteiger partial charge in [0.1, 0.15) is 0 Å². The minimum absolute atomic E-state index is 0.184. The molecule has 0 aromatic heterocycles. The summed E-state index contributed by atoms with van der Waals surface area (Å²) in [4.78, 5) is 10.2. The van der Waals surface area contributed by atoms with Crippen LogP contribution >= 0.6 is 0 Å². The van der Waals surface area contributed by atoms with E-state index < -0.39 is 5.97 Å². The van der Waals surface area contributed by atoms with Crippen molar-refractivity contribution >= 4 is 5.97 Å². The van der Waals surface area contributed by atoms with Crippen LogP contribution in [0.3, 0.4) is 0 Å². The number of allylic oxidation sites excluding steroid dienone is 7. The molecule has 0 fully saturated rings. The molecule has 2 N–H and O–H groups in total. The molecule has 0 aliphatic carbocycles. The zero-order chi connectivity index (χ0) is 17.2. The van der Waals surface area contributed by atoms with Crippen LogP contribution in [0.2, 0.25) is 0 Å². The van der Waals surface area contributed by atoms with Gasteiger partial charge in [-0.3, -0.25) is 0 Å². The predicted molar refractivity (Wildman–Crippen MR) is 97.4 cm³/mol. The Labute approximate surface area is 141 Å². The van der Waals surface area contributed by atoms with Gasteiger partial charge in [0.15, 0.2) is 0 Å². The number of aliphatic hydroxyl groups is 1. The summed E-state index contributed by atoms with van der Waals surface area (Å²) in [6, 6.07) is 0. The number of carbonyl (C=O) groups is 1. The average Bonchev–Trinajstić information content (AvgIpc) is 2.52. The highest BCUT2D eigenvalue weighted by molar-refractivity contribution is 5.80. The largest absolute Gasteiger partial charge is 0.478 e. The molecule has 0 bridgehead atoms. The highest BCUT2D eigenvalue weighted by Crippen LogP contribution is 2.11. The molecule has 0 spiro atoms. The smallest absolute Gasteiger partial charge is 0.328 e. The van der Waals surface area contributed by atoms with E-state index in [4.69, 9.17) is 5.11 Å². The molecule has 0 saturated carbocycles. The molecule has 1 atom stereocenters. The van der Waals surface area contributed by atoms with Crippen molar-refractivity contribution in [2.24, 2.45) is 0 Å². The molecule has 130 valence electrons. The molecule has 0 aromatic carbocycles. The van der Waals surface area contributed by atoms with E-state index in [2.05, 4.69) is 6.92 Å². The van der Waals surface area contributed by atoms with Gasteiger partial charge in [-0.2, -0.15) is 0 Å². The number of rotatable bonds is 14. The van der Waals surface area contributed by atoms with Gasteiger partial charge in [-0.25, -0.2) is 4.79 Å². The molecule has 3 nitrogen and oxygen atoms in total. The topological polar surface area (TPSA) is 57.5 Å². The minimum atomic E-state index is -0.946. The summed E-state index contributed by atoms with van der Waals surface area (Å²) in [5, 5.41) is 18.3. The maximum atomic E-state index is 10.2. The van der Waals surface area contributed by atoms with E-state index in [1.54, 1.807) is 12.2 Å². The lowest BCUT2D eigenvalue weighted by molar-refractivity contribution is -0.131. The van der Waals surface area contributed by atoms with Crippen LogP contribution in [0.1, 0.15) is 64.7 Å². The van der Waals surface area contributed by atoms with Gasteiger partial charge in [0.2, 0.25) is 0 Å². The van der Waals surface area contributed by atoms with Crippen molar-refractivity contribution in [1.82, 2.24) is 0 Å². The highest BCUT2D eigenvalue weighted by Gasteiger charge is 2.01. The molecule has 3 heteroatoms. The van der Waals surface area contributed by atoms with Crippen LogP contribution < -0.4 is 0 Å². The number of hydrogen-bond acceptors (Lipinski definition) is 2. The number of hydrogen-bond donors (Lipinski definition) is 2. The van der Waals surface area contributed by atoms with E-state index in [-0.39, 0.29) is 6.10 Å². The van der Waals surface area contributed by atoms with Gasteiger partial charge < -0.3 is 10.2 Å². The maximum Gasteiger partial charge on any atom is 0.328 e. The Morgan fingerprint density at radius 2 is 1.48 bits per heavy atom. The minimum Gasteiger partial charge on any atom is -0.478 e. The summed E-state index contributed by atoms with van der Waals surface area (Å²) in [6.45, 7) is 2.22. The van der Waals surface area contributed by atoms with Crippen molar-refractivity contribution in [1.29, 1.82) is 0 Å². The van der Waals surface area contributed by atoms with Crippen LogP contribution in [-0.2, 0) is 4.79 Å². The predicted octanol–water partition coefficient (Wildman–Crippen LogP) is 5.19. The molecule has 0 unspecified atom stereocenters. The summed E-state index contributed by atoms with van der Waals surface area (Å²) in [5.41, 5.74) is 0. The second kappa shape index (κ2) is 16.8. The Balaban J connectivity index is 3.55. The highest BCUT2D eigenvalue weighted by atomic mass is 16.4. The Bertz CT molecular complexity index is 392. The van der Waals surface area contributed by atoms with Crippen molar-refractivity contribution in [3.63, 3.8) is 0 Å². The fourth-order valence-electron chi connectivity index (χ4n) is 2.16. The van der Waals surface area contributed by atoms with Crippen molar-refractivity contribution in [3.8, 4) is 0 Å². The standard InChI is InChI=1S/C20H32O3/c1-2-3-4-5-10-13-16-19(21)17-14-11-8-6-7-9-12-15-18-20(22)23/h6-9,11-12,15,18-19,21H,2-5,10,13-14,16-17H2,1H3,(H,22,23)/b7-6+,11-8+,12-9+,18-15+/t19-/m0/s1. The van der Waals surface area contributed by atoms with Crippen molar-refractivity contribution in [2.75, 3.05) is 0 Å². The fraction of sp³-hybridized carbons (Fsp3) is 0.550. The summed E-state index contributed by atoms with van der Waals surface area (Å²) in [5.74, 6) is -0.946. The van der Waals surface area contributed by atoms with Gasteiger partial charge in [-0.1, -0.05) is 88.0 Å². The summed E-state index contributed by atoms with van der Waals surface area (Å²) in [7, 11) is 0. The van der Waals surface area contributed by atoms with E-state index in [1.807, 2.05) is 24.3 Å². The van der Waals surface area contributed by atoms with Crippen LogP contribution in [-0.4, -0.2) is 22.3 Å². The van der Waals surface area contributed by atoms with E-state index in [1.165, 1.54) is 38.2 Å². The van der Waals surface area contributed by atoms with E-state index in [0.717, 1.165) is 31.8 Å². The van der Waals surface area contributed by atoms with Crippen molar-refractivity contribution in [2.45, 2.75) is 70.8 Å². The number of aliphatic carboxylic acids is 1. The Morgan fingerprint density at radius 1 is 0.870 bits per heavy atom. The molecular formula is C20H32O3. The first-order valence-corrected chi connectivity index (χ1v) is 8.74. The molecule has 0 aromatic rings. The first-order chi connectivity index (χ1) is 11.2. The zero-order valence-corrected chi connectivity index (χ0v) is 14.4.